The molecule has 152 valence electrons. The van der Waals surface area contributed by atoms with Gasteiger partial charge in [0.15, 0.2) is 0 Å². The number of carbonyl (C=O) groups is 3. The van der Waals surface area contributed by atoms with Crippen molar-refractivity contribution in [3.05, 3.63) is 24.0 Å². The van der Waals surface area contributed by atoms with Gasteiger partial charge in [0.05, 0.1) is 5.69 Å². The van der Waals surface area contributed by atoms with Crippen LogP contribution >= 0.6 is 0 Å². The van der Waals surface area contributed by atoms with Gasteiger partial charge in [-0.25, -0.2) is 14.1 Å². The standard InChI is InChI=1S/C20H26FN3O4/c1-12(24-17(26)20(23-18(24)27)9-5-6-10-20)16(25)22-14-8-7-13(21)11-15(14)28-19(2,3)4/h7-8,11-12H,5-6,9-10H2,1-4H3,(H,22,25)(H,23,27)/t12-/m1/s1. The number of imide groups is 1. The Balaban J connectivity index is 1.78. The first-order valence-electron chi connectivity index (χ1n) is 9.48. The van der Waals surface area contributed by atoms with Crippen molar-refractivity contribution in [2.75, 3.05) is 5.32 Å². The molecule has 1 atom stereocenters. The fraction of sp³-hybridized carbons (Fsp3) is 0.550. The number of hydrogen-bond acceptors (Lipinski definition) is 4. The van der Waals surface area contributed by atoms with Crippen molar-refractivity contribution >= 4 is 23.5 Å². The molecule has 1 heterocycles. The van der Waals surface area contributed by atoms with E-state index < -0.39 is 34.9 Å². The van der Waals surface area contributed by atoms with Gasteiger partial charge in [0.1, 0.15) is 28.7 Å². The van der Waals surface area contributed by atoms with Gasteiger partial charge in [0, 0.05) is 6.07 Å². The Morgan fingerprint density at radius 3 is 2.54 bits per heavy atom. The van der Waals surface area contributed by atoms with Crippen LogP contribution in [-0.2, 0) is 9.59 Å². The predicted molar refractivity (Wildman–Crippen MR) is 101 cm³/mol. The third-order valence-electron chi connectivity index (χ3n) is 5.03. The van der Waals surface area contributed by atoms with Crippen molar-refractivity contribution < 1.29 is 23.5 Å². The normalized spacial score (nSPS) is 19.7. The molecule has 2 N–H and O–H groups in total. The van der Waals surface area contributed by atoms with Crippen LogP contribution in [0.15, 0.2) is 18.2 Å². The molecule has 0 bridgehead atoms. The van der Waals surface area contributed by atoms with Crippen molar-refractivity contribution in [1.29, 1.82) is 0 Å². The Kier molecular flexibility index (Phi) is 5.08. The van der Waals surface area contributed by atoms with E-state index in [1.165, 1.54) is 25.1 Å². The first-order valence-corrected chi connectivity index (χ1v) is 9.48. The Morgan fingerprint density at radius 2 is 1.93 bits per heavy atom. The zero-order valence-electron chi connectivity index (χ0n) is 16.6. The number of nitrogens with one attached hydrogen (secondary N) is 2. The summed E-state index contributed by atoms with van der Waals surface area (Å²) in [6.45, 7) is 6.91. The summed E-state index contributed by atoms with van der Waals surface area (Å²) in [7, 11) is 0. The number of carbonyl (C=O) groups excluding carboxylic acids is 3. The van der Waals surface area contributed by atoms with E-state index in [1.54, 1.807) is 20.8 Å². The third-order valence-corrected chi connectivity index (χ3v) is 5.03. The monoisotopic (exact) mass is 391 g/mol. The molecule has 1 saturated carbocycles. The first kappa shape index (κ1) is 20.1. The summed E-state index contributed by atoms with van der Waals surface area (Å²) in [5.74, 6) is -1.23. The lowest BCUT2D eigenvalue weighted by Crippen LogP contribution is -2.48. The minimum absolute atomic E-state index is 0.178. The van der Waals surface area contributed by atoms with Gasteiger partial charge >= 0.3 is 6.03 Å². The van der Waals surface area contributed by atoms with Crippen LogP contribution in [0.1, 0.15) is 53.4 Å². The van der Waals surface area contributed by atoms with Gasteiger partial charge in [0.25, 0.3) is 5.91 Å². The molecule has 0 aromatic heterocycles. The zero-order valence-corrected chi connectivity index (χ0v) is 16.6. The highest BCUT2D eigenvalue weighted by Crippen LogP contribution is 2.36. The van der Waals surface area contributed by atoms with E-state index in [0.717, 1.165) is 17.7 Å². The minimum atomic E-state index is -1.01. The highest BCUT2D eigenvalue weighted by Gasteiger charge is 2.54. The summed E-state index contributed by atoms with van der Waals surface area (Å²) < 4.78 is 19.4. The summed E-state index contributed by atoms with van der Waals surface area (Å²) >= 11 is 0. The van der Waals surface area contributed by atoms with E-state index in [2.05, 4.69) is 10.6 Å². The number of urea groups is 1. The van der Waals surface area contributed by atoms with Crippen molar-refractivity contribution in [2.24, 2.45) is 0 Å². The molecule has 2 fully saturated rings. The van der Waals surface area contributed by atoms with Crippen LogP contribution in [0, 0.1) is 5.82 Å². The van der Waals surface area contributed by atoms with Gasteiger partial charge in [-0.2, -0.15) is 0 Å². The van der Waals surface area contributed by atoms with Crippen molar-refractivity contribution in [2.45, 2.75) is 70.6 Å². The topological polar surface area (TPSA) is 87.7 Å². The molecule has 28 heavy (non-hydrogen) atoms. The number of amides is 4. The lowest BCUT2D eigenvalue weighted by atomic mass is 9.97. The van der Waals surface area contributed by atoms with E-state index in [9.17, 15) is 18.8 Å². The molecule has 7 nitrogen and oxygen atoms in total. The van der Waals surface area contributed by atoms with Gasteiger partial charge in [-0.1, -0.05) is 12.8 Å². The number of rotatable bonds is 4. The molecule has 1 saturated heterocycles. The van der Waals surface area contributed by atoms with Gasteiger partial charge in [-0.3, -0.25) is 9.59 Å². The second kappa shape index (κ2) is 7.07. The quantitative estimate of drug-likeness (QED) is 0.772. The second-order valence-electron chi connectivity index (χ2n) is 8.41. The van der Waals surface area contributed by atoms with Crippen molar-refractivity contribution in [3.8, 4) is 5.75 Å². The fourth-order valence-corrected chi connectivity index (χ4v) is 3.68. The number of anilines is 1. The molecule has 8 heteroatoms. The van der Waals surface area contributed by atoms with Gasteiger partial charge in [0.2, 0.25) is 5.91 Å². The molecule has 1 spiro atoms. The number of halogens is 1. The zero-order chi connectivity index (χ0) is 20.7. The second-order valence-corrected chi connectivity index (χ2v) is 8.41. The molecular weight excluding hydrogens is 365 g/mol. The van der Waals surface area contributed by atoms with Crippen LogP contribution in [0.3, 0.4) is 0 Å². The van der Waals surface area contributed by atoms with Crippen LogP contribution in [0.4, 0.5) is 14.9 Å². The van der Waals surface area contributed by atoms with Crippen LogP contribution in [0.5, 0.6) is 5.75 Å². The average molecular weight is 391 g/mol. The van der Waals surface area contributed by atoms with E-state index in [1.807, 2.05) is 0 Å². The highest BCUT2D eigenvalue weighted by atomic mass is 19.1. The number of nitrogens with zero attached hydrogens (tertiary/aromatic N) is 1. The summed E-state index contributed by atoms with van der Waals surface area (Å²) in [6, 6.07) is 2.22. The van der Waals surface area contributed by atoms with E-state index in [-0.39, 0.29) is 17.3 Å². The molecule has 0 unspecified atom stereocenters. The van der Waals surface area contributed by atoms with Crippen molar-refractivity contribution in [3.63, 3.8) is 0 Å². The van der Waals surface area contributed by atoms with Crippen LogP contribution in [0.2, 0.25) is 0 Å². The fourth-order valence-electron chi connectivity index (χ4n) is 3.68. The van der Waals surface area contributed by atoms with Crippen LogP contribution in [-0.4, -0.2) is 39.9 Å². The maximum atomic E-state index is 13.6. The average Bonchev–Trinajstić information content (AvgIpc) is 3.14. The Labute approximate surface area is 163 Å². The third kappa shape index (κ3) is 3.81. The smallest absolute Gasteiger partial charge is 0.325 e. The molecule has 3 rings (SSSR count). The SMILES string of the molecule is C[C@H](C(=O)Nc1ccc(F)cc1OC(C)(C)C)N1C(=O)NC2(CCCC2)C1=O. The molecule has 4 amide bonds. The maximum Gasteiger partial charge on any atom is 0.325 e. The molecule has 2 aliphatic rings. The predicted octanol–water partition coefficient (Wildman–Crippen LogP) is 3.19. The van der Waals surface area contributed by atoms with Crippen LogP contribution < -0.4 is 15.4 Å². The number of ether oxygens (including phenoxy) is 1. The molecule has 1 aliphatic heterocycles. The maximum absolute atomic E-state index is 13.6. The molecule has 1 aromatic carbocycles. The van der Waals surface area contributed by atoms with E-state index in [4.69, 9.17) is 4.74 Å². The molecule has 1 aromatic rings. The van der Waals surface area contributed by atoms with Gasteiger partial charge in [-0.05, 0) is 52.7 Å². The lowest BCUT2D eigenvalue weighted by Gasteiger charge is -2.25. The Morgan fingerprint density at radius 1 is 1.29 bits per heavy atom. The van der Waals surface area contributed by atoms with E-state index in [0.29, 0.717) is 12.8 Å². The van der Waals surface area contributed by atoms with Crippen molar-refractivity contribution in [1.82, 2.24) is 10.2 Å². The number of benzene rings is 1. The van der Waals surface area contributed by atoms with Gasteiger partial charge in [-0.15, -0.1) is 0 Å². The Bertz CT molecular complexity index is 812. The minimum Gasteiger partial charge on any atom is -0.486 e. The molecule has 1 aliphatic carbocycles. The largest absolute Gasteiger partial charge is 0.486 e. The van der Waals surface area contributed by atoms with Gasteiger partial charge < -0.3 is 15.4 Å². The Hall–Kier alpha value is -2.64. The lowest BCUT2D eigenvalue weighted by molar-refractivity contribution is -0.136. The molecular formula is C20H26FN3O4. The highest BCUT2D eigenvalue weighted by molar-refractivity contribution is 6.11. The summed E-state index contributed by atoms with van der Waals surface area (Å²) in [5.41, 5.74) is -1.20. The summed E-state index contributed by atoms with van der Waals surface area (Å²) in [6.07, 6.45) is 2.90. The van der Waals surface area contributed by atoms with Crippen LogP contribution in [0.25, 0.3) is 0 Å². The summed E-state index contributed by atoms with van der Waals surface area (Å²) in [4.78, 5) is 39.0. The number of hydrogen-bond donors (Lipinski definition) is 2. The molecule has 0 radical (unpaired) electrons. The summed E-state index contributed by atoms with van der Waals surface area (Å²) in [5, 5.41) is 5.41. The first-order chi connectivity index (χ1) is 13.0. The van der Waals surface area contributed by atoms with E-state index >= 15 is 0 Å².